The molecule has 4 heterocycles. The van der Waals surface area contributed by atoms with Crippen LogP contribution < -0.4 is 5.32 Å². The van der Waals surface area contributed by atoms with Crippen molar-refractivity contribution in [2.45, 2.75) is 32.6 Å². The van der Waals surface area contributed by atoms with Crippen molar-refractivity contribution in [1.82, 2.24) is 29.7 Å². The molecule has 8 nitrogen and oxygen atoms in total. The molecule has 134 valence electrons. The van der Waals surface area contributed by atoms with E-state index in [-0.39, 0.29) is 18.5 Å². The summed E-state index contributed by atoms with van der Waals surface area (Å²) in [7, 11) is 0. The Hall–Kier alpha value is -3.00. The van der Waals surface area contributed by atoms with Crippen molar-refractivity contribution < 1.29 is 9.21 Å². The van der Waals surface area contributed by atoms with Crippen LogP contribution in [0.3, 0.4) is 0 Å². The maximum atomic E-state index is 12.4. The number of carbonyl (C=O) groups excluding carboxylic acids is 1. The second-order valence-electron chi connectivity index (χ2n) is 6.30. The number of imidazole rings is 1. The summed E-state index contributed by atoms with van der Waals surface area (Å²) < 4.78 is 7.21. The number of aromatic nitrogens is 4. The third-order valence-electron chi connectivity index (χ3n) is 4.58. The van der Waals surface area contributed by atoms with Crippen LogP contribution >= 0.6 is 0 Å². The van der Waals surface area contributed by atoms with Gasteiger partial charge in [0, 0.05) is 43.8 Å². The Balaban J connectivity index is 1.43. The van der Waals surface area contributed by atoms with Crippen LogP contribution in [0.5, 0.6) is 0 Å². The van der Waals surface area contributed by atoms with Crippen molar-refractivity contribution in [1.29, 1.82) is 0 Å². The highest BCUT2D eigenvalue weighted by molar-refractivity contribution is 5.92. The maximum Gasteiger partial charge on any atom is 0.271 e. The van der Waals surface area contributed by atoms with Crippen LogP contribution in [0.25, 0.3) is 0 Å². The van der Waals surface area contributed by atoms with Gasteiger partial charge in [-0.25, -0.2) is 15.0 Å². The summed E-state index contributed by atoms with van der Waals surface area (Å²) in [6.45, 7) is 4.90. The molecule has 1 aliphatic rings. The Morgan fingerprint density at radius 1 is 1.35 bits per heavy atom. The molecule has 0 unspecified atom stereocenters. The first-order chi connectivity index (χ1) is 12.7. The Kier molecular flexibility index (Phi) is 4.49. The van der Waals surface area contributed by atoms with Crippen molar-refractivity contribution in [3.63, 3.8) is 0 Å². The van der Waals surface area contributed by atoms with Crippen LogP contribution in [0.4, 0.5) is 0 Å². The lowest BCUT2D eigenvalue weighted by Gasteiger charge is -2.33. The maximum absolute atomic E-state index is 12.4. The van der Waals surface area contributed by atoms with E-state index in [4.69, 9.17) is 4.42 Å². The summed E-state index contributed by atoms with van der Waals surface area (Å²) in [6.07, 6.45) is 8.57. The van der Waals surface area contributed by atoms with Crippen molar-refractivity contribution in [2.75, 3.05) is 6.54 Å². The number of nitrogens with one attached hydrogen (secondary N) is 1. The average Bonchev–Trinajstić information content (AvgIpc) is 3.33. The first-order valence-electron chi connectivity index (χ1n) is 8.57. The first kappa shape index (κ1) is 16.5. The molecule has 0 spiro atoms. The van der Waals surface area contributed by atoms with Gasteiger partial charge < -0.3 is 14.3 Å². The second-order valence-corrected chi connectivity index (χ2v) is 6.30. The van der Waals surface area contributed by atoms with Gasteiger partial charge in [0.15, 0.2) is 0 Å². The lowest BCUT2D eigenvalue weighted by molar-refractivity contribution is 0.0945. The number of amides is 1. The van der Waals surface area contributed by atoms with Crippen LogP contribution in [-0.4, -0.2) is 36.9 Å². The van der Waals surface area contributed by atoms with Crippen LogP contribution in [0.1, 0.15) is 40.7 Å². The predicted octanol–water partition coefficient (Wildman–Crippen LogP) is 1.77. The van der Waals surface area contributed by atoms with E-state index in [1.807, 2.05) is 12.3 Å². The molecule has 0 saturated carbocycles. The fraction of sp³-hybridized carbons (Fsp3) is 0.333. The Morgan fingerprint density at radius 3 is 2.96 bits per heavy atom. The van der Waals surface area contributed by atoms with E-state index in [0.717, 1.165) is 31.0 Å². The molecule has 0 saturated heterocycles. The van der Waals surface area contributed by atoms with Crippen LogP contribution in [0, 0.1) is 0 Å². The third kappa shape index (κ3) is 3.36. The summed E-state index contributed by atoms with van der Waals surface area (Å²) in [6, 6.07) is 3.83. The van der Waals surface area contributed by atoms with Gasteiger partial charge in [0.1, 0.15) is 17.3 Å². The van der Waals surface area contributed by atoms with Crippen LogP contribution in [-0.2, 0) is 19.6 Å². The SMILES string of the molecule is C[C@@H]1c2nc(C(=O)NCc3ncccn3)cn2CCN1Cc1ccoc1. The van der Waals surface area contributed by atoms with E-state index in [1.54, 1.807) is 31.0 Å². The van der Waals surface area contributed by atoms with Crippen LogP contribution in [0.2, 0.25) is 0 Å². The van der Waals surface area contributed by atoms with Gasteiger partial charge in [0.25, 0.3) is 5.91 Å². The van der Waals surface area contributed by atoms with Crippen molar-refractivity contribution in [3.05, 3.63) is 66.2 Å². The number of nitrogens with zero attached hydrogens (tertiary/aromatic N) is 5. The van der Waals surface area contributed by atoms with Crippen molar-refractivity contribution in [2.24, 2.45) is 0 Å². The number of carbonyl (C=O) groups is 1. The molecule has 26 heavy (non-hydrogen) atoms. The number of hydrogen-bond donors (Lipinski definition) is 1. The molecule has 0 radical (unpaired) electrons. The van der Waals surface area contributed by atoms with Crippen molar-refractivity contribution in [3.8, 4) is 0 Å². The molecule has 0 bridgehead atoms. The fourth-order valence-electron chi connectivity index (χ4n) is 3.15. The summed E-state index contributed by atoms with van der Waals surface area (Å²) in [4.78, 5) is 27.5. The molecular formula is C18H20N6O2. The molecule has 1 N–H and O–H groups in total. The number of rotatable bonds is 5. The van der Waals surface area contributed by atoms with Gasteiger partial charge in [-0.15, -0.1) is 0 Å². The third-order valence-corrected chi connectivity index (χ3v) is 4.58. The van der Waals surface area contributed by atoms with Gasteiger partial charge in [-0.1, -0.05) is 0 Å². The summed E-state index contributed by atoms with van der Waals surface area (Å²) in [5.41, 5.74) is 1.56. The Morgan fingerprint density at radius 2 is 2.19 bits per heavy atom. The van der Waals surface area contributed by atoms with Gasteiger partial charge in [0.2, 0.25) is 0 Å². The van der Waals surface area contributed by atoms with E-state index in [2.05, 4.69) is 36.7 Å². The van der Waals surface area contributed by atoms with Gasteiger partial charge in [-0.05, 0) is 19.1 Å². The number of furan rings is 1. The van der Waals surface area contributed by atoms with E-state index in [1.165, 1.54) is 0 Å². The quantitative estimate of drug-likeness (QED) is 0.753. The minimum absolute atomic E-state index is 0.123. The number of fused-ring (bicyclic) bond motifs is 1. The summed E-state index contributed by atoms with van der Waals surface area (Å²) in [5.74, 6) is 1.26. The highest BCUT2D eigenvalue weighted by atomic mass is 16.3. The zero-order valence-corrected chi connectivity index (χ0v) is 14.5. The smallest absolute Gasteiger partial charge is 0.271 e. The molecule has 0 fully saturated rings. The molecule has 4 rings (SSSR count). The lowest BCUT2D eigenvalue weighted by atomic mass is 10.2. The van der Waals surface area contributed by atoms with Gasteiger partial charge in [0.05, 0.1) is 25.1 Å². The number of hydrogen-bond acceptors (Lipinski definition) is 6. The zero-order chi connectivity index (χ0) is 17.9. The molecular weight excluding hydrogens is 332 g/mol. The van der Waals surface area contributed by atoms with E-state index < -0.39 is 0 Å². The molecule has 0 aliphatic carbocycles. The van der Waals surface area contributed by atoms with E-state index in [9.17, 15) is 4.79 Å². The predicted molar refractivity (Wildman–Crippen MR) is 93.0 cm³/mol. The first-order valence-corrected chi connectivity index (χ1v) is 8.57. The molecule has 1 amide bonds. The summed E-state index contributed by atoms with van der Waals surface area (Å²) >= 11 is 0. The Bertz CT molecular complexity index is 874. The summed E-state index contributed by atoms with van der Waals surface area (Å²) in [5, 5.41) is 2.82. The monoisotopic (exact) mass is 352 g/mol. The second kappa shape index (κ2) is 7.09. The largest absolute Gasteiger partial charge is 0.472 e. The lowest BCUT2D eigenvalue weighted by Crippen LogP contribution is -2.36. The standard InChI is InChI=1S/C18H20N6O2/c1-13-17-22-15(18(25)21-9-16-19-4-2-5-20-16)11-24(17)7-6-23(13)10-14-3-8-26-12-14/h2-5,8,11-13H,6-7,9-10H2,1H3,(H,21,25)/t13-/m1/s1. The highest BCUT2D eigenvalue weighted by Gasteiger charge is 2.27. The Labute approximate surface area is 150 Å². The topological polar surface area (TPSA) is 89.1 Å². The van der Waals surface area contributed by atoms with Gasteiger partial charge in [-0.2, -0.15) is 0 Å². The molecule has 1 aliphatic heterocycles. The fourth-order valence-corrected chi connectivity index (χ4v) is 3.15. The van der Waals surface area contributed by atoms with Crippen LogP contribution in [0.15, 0.2) is 47.7 Å². The molecule has 8 heteroatoms. The minimum Gasteiger partial charge on any atom is -0.472 e. The molecule has 1 atom stereocenters. The molecule has 3 aromatic rings. The highest BCUT2D eigenvalue weighted by Crippen LogP contribution is 2.26. The van der Waals surface area contributed by atoms with Gasteiger partial charge >= 0.3 is 0 Å². The van der Waals surface area contributed by atoms with Gasteiger partial charge in [-0.3, -0.25) is 9.69 Å². The van der Waals surface area contributed by atoms with E-state index in [0.29, 0.717) is 11.5 Å². The normalized spacial score (nSPS) is 17.0. The van der Waals surface area contributed by atoms with Crippen molar-refractivity contribution >= 4 is 5.91 Å². The minimum atomic E-state index is -0.215. The molecule has 3 aromatic heterocycles. The molecule has 0 aromatic carbocycles. The van der Waals surface area contributed by atoms with E-state index >= 15 is 0 Å². The zero-order valence-electron chi connectivity index (χ0n) is 14.5. The average molecular weight is 352 g/mol.